The highest BCUT2D eigenvalue weighted by Gasteiger charge is 2.37. The van der Waals surface area contributed by atoms with Gasteiger partial charge in [0.1, 0.15) is 0 Å². The second-order valence-corrected chi connectivity index (χ2v) is 7.49. The van der Waals surface area contributed by atoms with E-state index < -0.39 is 0 Å². The van der Waals surface area contributed by atoms with Crippen molar-refractivity contribution in [1.29, 1.82) is 0 Å². The monoisotopic (exact) mass is 266 g/mol. The van der Waals surface area contributed by atoms with Crippen molar-refractivity contribution in [3.8, 4) is 0 Å². The lowest BCUT2D eigenvalue weighted by Crippen LogP contribution is -2.43. The molecule has 0 saturated carbocycles. The van der Waals surface area contributed by atoms with Gasteiger partial charge in [0.05, 0.1) is 0 Å². The first-order valence-electron chi connectivity index (χ1n) is 6.72. The molecule has 4 heteroatoms. The largest absolute Gasteiger partial charge is 0.465 e. The van der Waals surface area contributed by atoms with Crippen LogP contribution in [0.4, 0.5) is 0 Å². The molecule has 1 aromatic rings. The minimum atomic E-state index is -0.0864. The fourth-order valence-corrected chi connectivity index (χ4v) is 3.13. The van der Waals surface area contributed by atoms with Crippen molar-refractivity contribution < 1.29 is 9.31 Å². The molecule has 100 valence electrons. The van der Waals surface area contributed by atoms with E-state index in [2.05, 4.69) is 46.8 Å². The summed E-state index contributed by atoms with van der Waals surface area (Å²) in [5.74, 6) is 0.918. The maximum Gasteiger partial charge on any atom is 0.465 e. The Morgan fingerprint density at radius 3 is 2.17 bits per heavy atom. The van der Waals surface area contributed by atoms with Crippen molar-refractivity contribution in [3.05, 3.63) is 21.9 Å². The molecule has 0 spiro atoms. The Bertz CT molecular complexity index is 390. The van der Waals surface area contributed by atoms with Gasteiger partial charge in [-0.1, -0.05) is 34.6 Å². The molecule has 2 heterocycles. The Morgan fingerprint density at radius 1 is 1.11 bits per heavy atom. The second-order valence-electron chi connectivity index (χ2n) is 6.34. The summed E-state index contributed by atoms with van der Waals surface area (Å²) >= 11 is 1.88. The average molecular weight is 266 g/mol. The highest BCUT2D eigenvalue weighted by molar-refractivity contribution is 7.12. The lowest BCUT2D eigenvalue weighted by molar-refractivity contribution is 0.0250. The maximum atomic E-state index is 5.86. The molecule has 2 nitrogen and oxygen atoms in total. The van der Waals surface area contributed by atoms with Crippen LogP contribution in [0.3, 0.4) is 0 Å². The van der Waals surface area contributed by atoms with Crippen LogP contribution in [-0.2, 0) is 9.31 Å². The highest BCUT2D eigenvalue weighted by atomic mass is 32.1. The summed E-state index contributed by atoms with van der Waals surface area (Å²) in [7, 11) is -0.0864. The van der Waals surface area contributed by atoms with E-state index in [9.17, 15) is 0 Å². The molecule has 2 rings (SSSR count). The summed E-state index contributed by atoms with van der Waals surface area (Å²) in [6.07, 6.45) is 0. The summed E-state index contributed by atoms with van der Waals surface area (Å²) in [4.78, 5) is 2.80. The lowest BCUT2D eigenvalue weighted by atomic mass is 9.70. The topological polar surface area (TPSA) is 18.5 Å². The SMILES string of the molecule is CC(C)c1ccc(C(C)B2OCC(C)(C)CO2)s1. The van der Waals surface area contributed by atoms with Gasteiger partial charge in [-0.25, -0.2) is 0 Å². The smallest absolute Gasteiger partial charge is 0.410 e. The van der Waals surface area contributed by atoms with E-state index in [1.807, 2.05) is 11.3 Å². The fraction of sp³-hybridized carbons (Fsp3) is 0.714. The van der Waals surface area contributed by atoms with Gasteiger partial charge >= 0.3 is 7.12 Å². The zero-order chi connectivity index (χ0) is 13.3. The van der Waals surface area contributed by atoms with E-state index in [4.69, 9.17) is 9.31 Å². The van der Waals surface area contributed by atoms with E-state index in [-0.39, 0.29) is 12.5 Å². The third-order valence-electron chi connectivity index (χ3n) is 3.35. The van der Waals surface area contributed by atoms with Crippen molar-refractivity contribution >= 4 is 18.5 Å². The molecular weight excluding hydrogens is 243 g/mol. The van der Waals surface area contributed by atoms with Gasteiger partial charge in [0, 0.05) is 34.2 Å². The molecular formula is C14H23BO2S. The summed E-state index contributed by atoms with van der Waals surface area (Å²) < 4.78 is 11.7. The molecule has 0 N–H and O–H groups in total. The fourth-order valence-electron chi connectivity index (χ4n) is 2.05. The third kappa shape index (κ3) is 3.17. The van der Waals surface area contributed by atoms with Gasteiger partial charge in [-0.2, -0.15) is 0 Å². The number of rotatable bonds is 3. The van der Waals surface area contributed by atoms with Gasteiger partial charge in [0.2, 0.25) is 0 Å². The van der Waals surface area contributed by atoms with Crippen LogP contribution in [0.2, 0.25) is 0 Å². The van der Waals surface area contributed by atoms with Gasteiger partial charge in [0.15, 0.2) is 0 Å². The Morgan fingerprint density at radius 2 is 1.67 bits per heavy atom. The van der Waals surface area contributed by atoms with E-state index in [1.54, 1.807) is 0 Å². The van der Waals surface area contributed by atoms with E-state index in [1.165, 1.54) is 9.75 Å². The van der Waals surface area contributed by atoms with Crippen LogP contribution in [-0.4, -0.2) is 20.3 Å². The van der Waals surface area contributed by atoms with Gasteiger partial charge in [-0.15, -0.1) is 11.3 Å². The van der Waals surface area contributed by atoms with Gasteiger partial charge in [-0.3, -0.25) is 0 Å². The normalized spacial score (nSPS) is 21.3. The first-order valence-corrected chi connectivity index (χ1v) is 7.53. The van der Waals surface area contributed by atoms with Gasteiger partial charge < -0.3 is 9.31 Å². The van der Waals surface area contributed by atoms with Crippen LogP contribution < -0.4 is 0 Å². The molecule has 1 aliphatic rings. The molecule has 1 fully saturated rings. The van der Waals surface area contributed by atoms with Crippen LogP contribution >= 0.6 is 11.3 Å². The molecule has 0 radical (unpaired) electrons. The quantitative estimate of drug-likeness (QED) is 0.767. The van der Waals surface area contributed by atoms with Crippen LogP contribution in [0.25, 0.3) is 0 Å². The highest BCUT2D eigenvalue weighted by Crippen LogP contribution is 2.33. The van der Waals surface area contributed by atoms with Crippen molar-refractivity contribution in [2.75, 3.05) is 13.2 Å². The number of hydrogen-bond acceptors (Lipinski definition) is 3. The zero-order valence-corrected chi connectivity index (χ0v) is 12.8. The summed E-state index contributed by atoms with van der Waals surface area (Å²) in [6.45, 7) is 12.6. The van der Waals surface area contributed by atoms with E-state index >= 15 is 0 Å². The zero-order valence-electron chi connectivity index (χ0n) is 12.0. The van der Waals surface area contributed by atoms with E-state index in [0.717, 1.165) is 13.2 Å². The number of thiophene rings is 1. The molecule has 1 atom stereocenters. The molecule has 0 aromatic carbocycles. The second kappa shape index (κ2) is 5.36. The Balaban J connectivity index is 2.00. The summed E-state index contributed by atoms with van der Waals surface area (Å²) in [5.41, 5.74) is 0.148. The molecule has 18 heavy (non-hydrogen) atoms. The predicted octanol–water partition coefficient (Wildman–Crippen LogP) is 4.08. The summed E-state index contributed by atoms with van der Waals surface area (Å²) in [6, 6.07) is 4.45. The van der Waals surface area contributed by atoms with Crippen LogP contribution in [0.15, 0.2) is 12.1 Å². The third-order valence-corrected chi connectivity index (χ3v) is 4.94. The minimum absolute atomic E-state index is 0.0864. The standard InChI is InChI=1S/C14H23BO2S/c1-10(2)12-6-7-13(18-12)11(3)15-16-8-14(4,5)9-17-15/h6-7,10-11H,8-9H2,1-5H3. The number of hydrogen-bond donors (Lipinski definition) is 0. The Hall–Kier alpha value is -0.315. The lowest BCUT2D eigenvalue weighted by Gasteiger charge is -2.34. The van der Waals surface area contributed by atoms with Crippen LogP contribution in [0.1, 0.15) is 56.1 Å². The minimum Gasteiger partial charge on any atom is -0.410 e. The predicted molar refractivity (Wildman–Crippen MR) is 78.3 cm³/mol. The van der Waals surface area contributed by atoms with Crippen molar-refractivity contribution in [2.45, 2.75) is 46.4 Å². The van der Waals surface area contributed by atoms with Crippen molar-refractivity contribution in [1.82, 2.24) is 0 Å². The molecule has 0 amide bonds. The average Bonchev–Trinajstić information content (AvgIpc) is 2.77. The molecule has 0 aliphatic carbocycles. The maximum absolute atomic E-state index is 5.86. The first kappa shape index (κ1) is 14.1. The molecule has 0 bridgehead atoms. The van der Waals surface area contributed by atoms with Crippen LogP contribution in [0, 0.1) is 5.41 Å². The molecule has 1 saturated heterocycles. The molecule has 1 unspecified atom stereocenters. The molecule has 1 aliphatic heterocycles. The van der Waals surface area contributed by atoms with E-state index in [0.29, 0.717) is 11.7 Å². The van der Waals surface area contributed by atoms with Gasteiger partial charge in [-0.05, 0) is 18.1 Å². The summed E-state index contributed by atoms with van der Waals surface area (Å²) in [5, 5.41) is 0. The Labute approximate surface area is 115 Å². The molecule has 1 aromatic heterocycles. The van der Waals surface area contributed by atoms with Crippen LogP contribution in [0.5, 0.6) is 0 Å². The Kier molecular flexibility index (Phi) is 4.20. The van der Waals surface area contributed by atoms with Gasteiger partial charge in [0.25, 0.3) is 0 Å². The van der Waals surface area contributed by atoms with Crippen molar-refractivity contribution in [3.63, 3.8) is 0 Å². The first-order chi connectivity index (χ1) is 8.39. The van der Waals surface area contributed by atoms with Crippen molar-refractivity contribution in [2.24, 2.45) is 5.41 Å².